The topological polar surface area (TPSA) is 55.8 Å². The van der Waals surface area contributed by atoms with Gasteiger partial charge < -0.3 is 14.6 Å². The van der Waals surface area contributed by atoms with Gasteiger partial charge in [-0.3, -0.25) is 0 Å². The fourth-order valence-electron chi connectivity index (χ4n) is 4.39. The van der Waals surface area contributed by atoms with Crippen LogP contribution in [0.15, 0.2) is 115 Å². The number of aliphatic carboxylic acids is 1. The Hall–Kier alpha value is -4.15. The molecule has 4 rings (SSSR count). The Morgan fingerprint density at radius 3 is 2.08 bits per heavy atom. The van der Waals surface area contributed by atoms with Crippen molar-refractivity contribution in [1.29, 1.82) is 0 Å². The maximum atomic E-state index is 11.7. The number of carboxylic acid groups (broad SMARTS) is 1. The quantitative estimate of drug-likeness (QED) is 0.172. The summed E-state index contributed by atoms with van der Waals surface area (Å²) in [5.74, 6) is -0.188. The highest BCUT2D eigenvalue weighted by Gasteiger charge is 2.18. The number of hydrogen-bond donors (Lipinski definition) is 1. The Bertz CT molecular complexity index is 1310. The third-order valence-corrected chi connectivity index (χ3v) is 6.73. The highest BCUT2D eigenvalue weighted by atomic mass is 16.5. The van der Waals surface area contributed by atoms with Crippen LogP contribution in [0.1, 0.15) is 36.5 Å². The average Bonchev–Trinajstić information content (AvgIpc) is 2.98. The lowest BCUT2D eigenvalue weighted by Crippen LogP contribution is -2.26. The standard InChI is InChI=1S/C35H36O4/c1-27(30-17-19-32(20-18-30)31-13-6-3-7-14-31)23-25-38-33-21-15-29(16-22-33)26-34(35(36)37)39-24-9-8-12-28-10-4-2-5-11-28/h2-7,10-11,13-23,34H,8-9,12,24-26H2,1H3,(H,36,37)/b27-23+. The van der Waals surface area contributed by atoms with Gasteiger partial charge >= 0.3 is 5.97 Å². The summed E-state index contributed by atoms with van der Waals surface area (Å²) in [7, 11) is 0. The third kappa shape index (κ3) is 8.98. The first kappa shape index (κ1) is 27.9. The molecular weight excluding hydrogens is 484 g/mol. The molecule has 0 radical (unpaired) electrons. The Morgan fingerprint density at radius 2 is 1.41 bits per heavy atom. The molecule has 0 saturated heterocycles. The van der Waals surface area contributed by atoms with Crippen molar-refractivity contribution >= 4 is 11.5 Å². The molecule has 1 atom stereocenters. The number of unbranched alkanes of at least 4 members (excludes halogenated alkanes) is 1. The maximum absolute atomic E-state index is 11.7. The van der Waals surface area contributed by atoms with Gasteiger partial charge in [0.05, 0.1) is 0 Å². The van der Waals surface area contributed by atoms with Gasteiger partial charge in [-0.15, -0.1) is 0 Å². The molecule has 39 heavy (non-hydrogen) atoms. The van der Waals surface area contributed by atoms with Crippen molar-refractivity contribution < 1.29 is 19.4 Å². The van der Waals surface area contributed by atoms with Crippen molar-refractivity contribution in [3.05, 3.63) is 132 Å². The molecule has 0 bridgehead atoms. The van der Waals surface area contributed by atoms with Gasteiger partial charge in [0, 0.05) is 13.0 Å². The smallest absolute Gasteiger partial charge is 0.333 e. The maximum Gasteiger partial charge on any atom is 0.333 e. The van der Waals surface area contributed by atoms with E-state index in [1.807, 2.05) is 60.7 Å². The van der Waals surface area contributed by atoms with Crippen molar-refractivity contribution in [1.82, 2.24) is 0 Å². The lowest BCUT2D eigenvalue weighted by Gasteiger charge is -2.14. The summed E-state index contributed by atoms with van der Waals surface area (Å²) in [5, 5.41) is 9.60. The minimum absolute atomic E-state index is 0.326. The second-order valence-electron chi connectivity index (χ2n) is 9.63. The number of hydrogen-bond acceptors (Lipinski definition) is 3. The molecule has 4 heteroatoms. The van der Waals surface area contributed by atoms with Crippen molar-refractivity contribution in [2.45, 2.75) is 38.7 Å². The van der Waals surface area contributed by atoms with Gasteiger partial charge in [0.15, 0.2) is 6.10 Å². The molecule has 0 aliphatic carbocycles. The SMILES string of the molecule is C/C(=C\COc1ccc(CC(OCCCCc2ccccc2)C(=O)O)cc1)c1ccc(-c2ccccc2)cc1. The predicted octanol–water partition coefficient (Wildman–Crippen LogP) is 7.87. The number of ether oxygens (including phenoxy) is 2. The summed E-state index contributed by atoms with van der Waals surface area (Å²) in [6, 6.07) is 36.7. The van der Waals surface area contributed by atoms with E-state index in [0.717, 1.165) is 41.7 Å². The molecule has 0 aliphatic rings. The molecule has 0 fully saturated rings. The zero-order valence-corrected chi connectivity index (χ0v) is 22.5. The first-order valence-electron chi connectivity index (χ1n) is 13.5. The molecule has 0 aliphatic heterocycles. The van der Waals surface area contributed by atoms with E-state index in [2.05, 4.69) is 61.5 Å². The molecule has 4 aromatic carbocycles. The van der Waals surface area contributed by atoms with Gasteiger partial charge in [0.1, 0.15) is 12.4 Å². The second-order valence-corrected chi connectivity index (χ2v) is 9.63. The Balaban J connectivity index is 1.21. The number of allylic oxidation sites excluding steroid dienone is 1. The first-order valence-corrected chi connectivity index (χ1v) is 13.5. The van der Waals surface area contributed by atoms with Gasteiger partial charge in [-0.25, -0.2) is 4.79 Å². The van der Waals surface area contributed by atoms with Gasteiger partial charge in [-0.2, -0.15) is 0 Å². The fraction of sp³-hybridized carbons (Fsp3) is 0.229. The minimum atomic E-state index is -0.934. The number of rotatable bonds is 14. The molecule has 4 aromatic rings. The van der Waals surface area contributed by atoms with E-state index < -0.39 is 12.1 Å². The number of carbonyl (C=O) groups is 1. The minimum Gasteiger partial charge on any atom is -0.490 e. The molecular formula is C35H36O4. The molecule has 0 amide bonds. The lowest BCUT2D eigenvalue weighted by molar-refractivity contribution is -0.150. The van der Waals surface area contributed by atoms with Crippen molar-refractivity contribution in [2.24, 2.45) is 0 Å². The summed E-state index contributed by atoms with van der Waals surface area (Å²) >= 11 is 0. The van der Waals surface area contributed by atoms with Crippen LogP contribution < -0.4 is 4.74 Å². The van der Waals surface area contributed by atoms with Crippen LogP contribution in [0.4, 0.5) is 0 Å². The van der Waals surface area contributed by atoms with Crippen LogP contribution in [0.3, 0.4) is 0 Å². The average molecular weight is 521 g/mol. The monoisotopic (exact) mass is 520 g/mol. The van der Waals surface area contributed by atoms with Gasteiger partial charge in [0.25, 0.3) is 0 Å². The van der Waals surface area contributed by atoms with Gasteiger partial charge in [-0.1, -0.05) is 97.1 Å². The van der Waals surface area contributed by atoms with E-state index in [4.69, 9.17) is 9.47 Å². The molecule has 4 nitrogen and oxygen atoms in total. The summed E-state index contributed by atoms with van der Waals surface area (Å²) in [6.45, 7) is 2.97. The molecule has 200 valence electrons. The molecule has 0 aromatic heterocycles. The molecule has 0 spiro atoms. The predicted molar refractivity (Wildman–Crippen MR) is 158 cm³/mol. The second kappa shape index (κ2) is 14.7. The number of benzene rings is 4. The zero-order chi connectivity index (χ0) is 27.3. The van der Waals surface area contributed by atoms with E-state index in [1.165, 1.54) is 16.7 Å². The summed E-state index contributed by atoms with van der Waals surface area (Å²) in [5.41, 5.74) is 6.91. The van der Waals surface area contributed by atoms with Crippen molar-refractivity contribution in [3.8, 4) is 16.9 Å². The van der Waals surface area contributed by atoms with E-state index in [-0.39, 0.29) is 0 Å². The van der Waals surface area contributed by atoms with E-state index in [1.54, 1.807) is 0 Å². The normalized spacial score (nSPS) is 12.2. The zero-order valence-electron chi connectivity index (χ0n) is 22.5. The summed E-state index contributed by atoms with van der Waals surface area (Å²) < 4.78 is 11.6. The molecule has 0 saturated carbocycles. The number of carboxylic acids is 1. The molecule has 0 heterocycles. The van der Waals surface area contributed by atoms with E-state index >= 15 is 0 Å². The highest BCUT2D eigenvalue weighted by Crippen LogP contribution is 2.22. The molecule has 1 N–H and O–H groups in total. The van der Waals surface area contributed by atoms with Crippen LogP contribution >= 0.6 is 0 Å². The summed E-state index contributed by atoms with van der Waals surface area (Å²) in [6.07, 6.45) is 4.31. The lowest BCUT2D eigenvalue weighted by atomic mass is 10.0. The van der Waals surface area contributed by atoms with Crippen LogP contribution in [0.25, 0.3) is 16.7 Å². The largest absolute Gasteiger partial charge is 0.490 e. The molecule has 1 unspecified atom stereocenters. The van der Waals surface area contributed by atoms with Crippen LogP contribution in [0.5, 0.6) is 5.75 Å². The van der Waals surface area contributed by atoms with E-state index in [9.17, 15) is 9.90 Å². The highest BCUT2D eigenvalue weighted by molar-refractivity contribution is 5.72. The third-order valence-electron chi connectivity index (χ3n) is 6.73. The van der Waals surface area contributed by atoms with Crippen LogP contribution in [-0.2, 0) is 22.4 Å². The Morgan fingerprint density at radius 1 is 0.769 bits per heavy atom. The van der Waals surface area contributed by atoms with Crippen molar-refractivity contribution in [3.63, 3.8) is 0 Å². The summed E-state index contributed by atoms with van der Waals surface area (Å²) in [4.78, 5) is 11.7. The number of aryl methyl sites for hydroxylation is 1. The van der Waals surface area contributed by atoms with Crippen molar-refractivity contribution in [2.75, 3.05) is 13.2 Å². The Kier molecular flexibility index (Phi) is 10.5. The fourth-order valence-corrected chi connectivity index (χ4v) is 4.39. The van der Waals surface area contributed by atoms with Crippen LogP contribution in [0.2, 0.25) is 0 Å². The van der Waals surface area contributed by atoms with Crippen LogP contribution in [-0.4, -0.2) is 30.4 Å². The van der Waals surface area contributed by atoms with Gasteiger partial charge in [-0.05, 0) is 77.8 Å². The Labute approximate surface area is 231 Å². The van der Waals surface area contributed by atoms with Crippen LogP contribution in [0, 0.1) is 0 Å². The van der Waals surface area contributed by atoms with E-state index in [0.29, 0.717) is 19.6 Å². The van der Waals surface area contributed by atoms with Gasteiger partial charge in [0.2, 0.25) is 0 Å². The first-order chi connectivity index (χ1) is 19.1.